The van der Waals surface area contributed by atoms with Gasteiger partial charge < -0.3 is 20.2 Å². The minimum absolute atomic E-state index is 0.0680. The lowest BCUT2D eigenvalue weighted by Crippen LogP contribution is -2.44. The Morgan fingerprint density at radius 1 is 0.864 bits per heavy atom. The largest absolute Gasteiger partial charge is 0.465 e. The predicted molar refractivity (Wildman–Crippen MR) is 170 cm³/mol. The van der Waals surface area contributed by atoms with E-state index in [9.17, 15) is 14.7 Å². The van der Waals surface area contributed by atoms with Crippen LogP contribution < -0.4 is 10.6 Å². The van der Waals surface area contributed by atoms with Crippen LogP contribution in [0, 0.1) is 0 Å². The van der Waals surface area contributed by atoms with Crippen molar-refractivity contribution in [2.75, 3.05) is 10.6 Å². The molecule has 10 heteroatoms. The highest BCUT2D eigenvalue weighted by atomic mass is 16.4. The second kappa shape index (κ2) is 11.5. The molecule has 6 rings (SSSR count). The minimum atomic E-state index is -1.05. The highest BCUT2D eigenvalue weighted by Gasteiger charge is 2.26. The summed E-state index contributed by atoms with van der Waals surface area (Å²) in [5.74, 6) is 0.280. The van der Waals surface area contributed by atoms with E-state index in [1.807, 2.05) is 81.4 Å². The van der Waals surface area contributed by atoms with Gasteiger partial charge in [-0.15, -0.1) is 0 Å². The summed E-state index contributed by atoms with van der Waals surface area (Å²) in [4.78, 5) is 39.1. The van der Waals surface area contributed by atoms with Crippen LogP contribution in [0.2, 0.25) is 0 Å². The molecular weight excluding hydrogens is 556 g/mol. The number of amides is 2. The average Bonchev–Trinajstić information content (AvgIpc) is 3.39. The zero-order valence-electron chi connectivity index (χ0n) is 24.4. The van der Waals surface area contributed by atoms with E-state index in [0.717, 1.165) is 38.9 Å². The van der Waals surface area contributed by atoms with Gasteiger partial charge in [-0.1, -0.05) is 30.3 Å². The number of carbonyl (C=O) groups is 2. The Bertz CT molecular complexity index is 2000. The lowest BCUT2D eigenvalue weighted by molar-refractivity contribution is 0.0947. The monoisotopic (exact) mass is 586 g/mol. The Hall–Kier alpha value is -5.77. The number of fused-ring (bicyclic) bond motifs is 3. The number of rotatable bonds is 7. The van der Waals surface area contributed by atoms with E-state index in [4.69, 9.17) is 4.42 Å². The van der Waals surface area contributed by atoms with E-state index in [0.29, 0.717) is 22.8 Å². The van der Waals surface area contributed by atoms with Crippen LogP contribution in [0.25, 0.3) is 33.2 Å². The maximum absolute atomic E-state index is 13.0. The van der Waals surface area contributed by atoms with Crippen LogP contribution in [0.15, 0.2) is 102 Å². The molecule has 0 aliphatic heterocycles. The summed E-state index contributed by atoms with van der Waals surface area (Å²) in [6.45, 7) is 5.49. The smallest absolute Gasteiger partial charge is 0.408 e. The van der Waals surface area contributed by atoms with Gasteiger partial charge in [0.1, 0.15) is 23.3 Å². The van der Waals surface area contributed by atoms with Gasteiger partial charge in [0.15, 0.2) is 0 Å². The first-order valence-electron chi connectivity index (χ1n) is 14.0. The van der Waals surface area contributed by atoms with Gasteiger partial charge in [0.05, 0.1) is 17.9 Å². The number of para-hydroxylation sites is 2. The summed E-state index contributed by atoms with van der Waals surface area (Å²) in [6, 6.07) is 26.3. The molecule has 3 N–H and O–H groups in total. The fraction of sp³-hybridized carbons (Fsp3) is 0.147. The molecule has 44 heavy (non-hydrogen) atoms. The molecule has 0 unspecified atom stereocenters. The van der Waals surface area contributed by atoms with Gasteiger partial charge in [-0.05, 0) is 69.3 Å². The Morgan fingerprint density at radius 2 is 1.61 bits per heavy atom. The second-order valence-electron chi connectivity index (χ2n) is 11.3. The van der Waals surface area contributed by atoms with Gasteiger partial charge in [-0.2, -0.15) is 0 Å². The lowest BCUT2D eigenvalue weighted by atomic mass is 10.1. The van der Waals surface area contributed by atoms with Crippen LogP contribution in [-0.4, -0.2) is 42.5 Å². The molecule has 0 atom stereocenters. The van der Waals surface area contributed by atoms with E-state index >= 15 is 0 Å². The van der Waals surface area contributed by atoms with Crippen LogP contribution in [0.1, 0.15) is 36.8 Å². The molecule has 0 spiro atoms. The first kappa shape index (κ1) is 28.4. The first-order chi connectivity index (χ1) is 21.2. The number of carbonyl (C=O) groups excluding carboxylic acids is 1. The van der Waals surface area contributed by atoms with Crippen LogP contribution in [-0.2, 0) is 6.54 Å². The summed E-state index contributed by atoms with van der Waals surface area (Å²) in [5, 5.41) is 17.8. The lowest BCUT2D eigenvalue weighted by Gasteiger charge is -2.32. The molecule has 0 radical (unpaired) electrons. The average molecular weight is 587 g/mol. The van der Waals surface area contributed by atoms with Gasteiger partial charge in [0.2, 0.25) is 0 Å². The van der Waals surface area contributed by atoms with E-state index in [-0.39, 0.29) is 12.5 Å². The van der Waals surface area contributed by atoms with E-state index in [1.165, 1.54) is 17.4 Å². The maximum atomic E-state index is 13.0. The summed E-state index contributed by atoms with van der Waals surface area (Å²) in [5.41, 5.74) is 4.81. The fourth-order valence-corrected chi connectivity index (χ4v) is 4.97. The predicted octanol–water partition coefficient (Wildman–Crippen LogP) is 7.71. The highest BCUT2D eigenvalue weighted by molar-refractivity contribution is 6.09. The van der Waals surface area contributed by atoms with Crippen molar-refractivity contribution in [1.29, 1.82) is 0 Å². The Balaban J connectivity index is 1.15. The van der Waals surface area contributed by atoms with Gasteiger partial charge in [-0.25, -0.2) is 14.8 Å². The standard InChI is InChI=1S/C34H30N6O4/c1-34(2,3)40(33(42)43)19-24-17-21(15-16-35-24)32(41)39-23-13-11-22(12-14-23)38-30-18-28(36-20-37-30)27-9-6-8-26-25-7-4-5-10-29(25)44-31(26)27/h4-18,20H,19H2,1-3H3,(H,39,41)(H,42,43)(H,36,37,38). The van der Waals surface area contributed by atoms with Crippen LogP contribution in [0.3, 0.4) is 0 Å². The summed E-state index contributed by atoms with van der Waals surface area (Å²) >= 11 is 0. The summed E-state index contributed by atoms with van der Waals surface area (Å²) in [6.07, 6.45) is 1.96. The number of aromatic nitrogens is 3. The number of furan rings is 1. The van der Waals surface area contributed by atoms with Crippen molar-refractivity contribution in [1.82, 2.24) is 19.9 Å². The topological polar surface area (TPSA) is 133 Å². The number of pyridine rings is 1. The molecule has 0 aliphatic carbocycles. The number of benzene rings is 3. The second-order valence-corrected chi connectivity index (χ2v) is 11.3. The molecule has 220 valence electrons. The molecule has 0 aliphatic rings. The normalized spacial score (nSPS) is 11.4. The molecule has 0 fully saturated rings. The molecule has 3 aromatic heterocycles. The summed E-state index contributed by atoms with van der Waals surface area (Å²) < 4.78 is 6.17. The Kier molecular flexibility index (Phi) is 7.40. The van der Waals surface area contributed by atoms with Crippen molar-refractivity contribution >= 4 is 51.1 Å². The number of carboxylic acid groups (broad SMARTS) is 1. The van der Waals surface area contributed by atoms with Gasteiger partial charge in [0, 0.05) is 51.1 Å². The Labute approximate surface area is 253 Å². The minimum Gasteiger partial charge on any atom is -0.465 e. The van der Waals surface area contributed by atoms with Crippen molar-refractivity contribution in [3.63, 3.8) is 0 Å². The quantitative estimate of drug-likeness (QED) is 0.173. The zero-order chi connectivity index (χ0) is 30.8. The first-order valence-corrected chi connectivity index (χ1v) is 14.0. The van der Waals surface area contributed by atoms with Crippen LogP contribution in [0.4, 0.5) is 22.0 Å². The van der Waals surface area contributed by atoms with Crippen LogP contribution in [0.5, 0.6) is 0 Å². The third-order valence-corrected chi connectivity index (χ3v) is 7.20. The molecule has 6 aromatic rings. The molecule has 3 aromatic carbocycles. The molecule has 10 nitrogen and oxygen atoms in total. The summed E-state index contributed by atoms with van der Waals surface area (Å²) in [7, 11) is 0. The number of hydrogen-bond donors (Lipinski definition) is 3. The molecule has 3 heterocycles. The molecule has 2 amide bonds. The molecule has 0 saturated heterocycles. The van der Waals surface area contributed by atoms with Crippen molar-refractivity contribution in [3.05, 3.63) is 109 Å². The fourth-order valence-electron chi connectivity index (χ4n) is 4.97. The van der Waals surface area contributed by atoms with Gasteiger partial charge >= 0.3 is 6.09 Å². The van der Waals surface area contributed by atoms with Crippen molar-refractivity contribution in [2.24, 2.45) is 0 Å². The van der Waals surface area contributed by atoms with E-state index < -0.39 is 11.6 Å². The SMILES string of the molecule is CC(C)(C)N(Cc1cc(C(=O)Nc2ccc(Nc3cc(-c4cccc5c4oc4ccccc45)ncn3)cc2)ccn1)C(=O)O. The molecular formula is C34H30N6O4. The third-order valence-electron chi connectivity index (χ3n) is 7.20. The zero-order valence-corrected chi connectivity index (χ0v) is 24.4. The van der Waals surface area contributed by atoms with E-state index in [1.54, 1.807) is 24.3 Å². The van der Waals surface area contributed by atoms with Crippen molar-refractivity contribution in [2.45, 2.75) is 32.9 Å². The number of nitrogens with one attached hydrogen (secondary N) is 2. The Morgan fingerprint density at radius 3 is 2.39 bits per heavy atom. The molecule has 0 bridgehead atoms. The van der Waals surface area contributed by atoms with Crippen molar-refractivity contribution in [3.8, 4) is 11.3 Å². The van der Waals surface area contributed by atoms with Gasteiger partial charge in [0.25, 0.3) is 5.91 Å². The van der Waals surface area contributed by atoms with E-state index in [2.05, 4.69) is 25.6 Å². The number of nitrogens with zero attached hydrogens (tertiary/aromatic N) is 4. The maximum Gasteiger partial charge on any atom is 0.408 e. The third kappa shape index (κ3) is 5.91. The van der Waals surface area contributed by atoms with Crippen LogP contribution >= 0.6 is 0 Å². The number of anilines is 3. The number of hydrogen-bond acceptors (Lipinski definition) is 7. The van der Waals surface area contributed by atoms with Gasteiger partial charge in [-0.3, -0.25) is 14.7 Å². The highest BCUT2D eigenvalue weighted by Crippen LogP contribution is 2.35. The van der Waals surface area contributed by atoms with Crippen molar-refractivity contribution < 1.29 is 19.1 Å². The molecule has 0 saturated carbocycles.